The molecule has 39 nitrogen and oxygen atoms in total. The van der Waals surface area contributed by atoms with E-state index in [4.69, 9.17) is 22.9 Å². The lowest BCUT2D eigenvalue weighted by Gasteiger charge is -2.31. The third-order valence-electron chi connectivity index (χ3n) is 21.4. The Balaban J connectivity index is 0.923. The van der Waals surface area contributed by atoms with Crippen LogP contribution in [-0.4, -0.2) is 227 Å². The van der Waals surface area contributed by atoms with Crippen molar-refractivity contribution < 1.29 is 81.9 Å². The van der Waals surface area contributed by atoms with E-state index in [-0.39, 0.29) is 108 Å². The second kappa shape index (κ2) is 46.2. The zero-order valence-electron chi connectivity index (χ0n) is 69.3. The summed E-state index contributed by atoms with van der Waals surface area (Å²) in [5, 5.41) is 49.6. The number of carbonyl (C=O) groups is 15. The molecule has 5 heterocycles. The number of benzene rings is 3. The highest BCUT2D eigenvalue weighted by atomic mass is 16.6. The van der Waals surface area contributed by atoms with E-state index in [0.717, 1.165) is 27.4 Å². The first kappa shape index (κ1) is 94.8. The maximum absolute atomic E-state index is 15.1. The predicted octanol–water partition coefficient (Wildman–Crippen LogP) is 0.367. The molecule has 0 spiro atoms. The monoisotopic (exact) mass is 1690 g/mol. The van der Waals surface area contributed by atoms with E-state index in [1.807, 2.05) is 49.4 Å². The fourth-order valence-corrected chi connectivity index (χ4v) is 15.0. The lowest BCUT2D eigenvalue weighted by atomic mass is 9.99. The molecule has 3 aromatic carbocycles. The number of nitrogens with zero attached hydrogens (tertiary/aromatic N) is 4. The number of nitrogens with two attached hydrogens (primary N) is 4. The molecular formula is C83H115N21O18. The average molecular weight is 1690 g/mol. The SMILES string of the molecule is CCCC[C@H](NC(=O)[C@@H]1CCCN1C(=O)[C@H](CCC(N)=O)NC(=O)CNC(=O)[C@@H]1CCCN1C(=O)[C@H](CCCCN)NC(=O)[C@H](CC(C)C)NC(=O)[C@H](CCC(N)=O)NC(=O)[C@H](CC(C)C)NC(=O)[C@H](Cc1c[nH]c2ccccc12)NC(=O)[C@H](Cc1c[nH]cn1)NC(=O)[C@@H](N)Cc1c[nH]c2ccccc12)C(=O)N[C@@H](Cc1ccc([N+](=O)[O-])cc1)C(=O)O. The number of nitro groups is 1. The summed E-state index contributed by atoms with van der Waals surface area (Å²) in [5.41, 5.74) is 27.0. The molecule has 2 fully saturated rings. The number of unbranched alkanes of at least 4 members (excludes halogenated alkanes) is 2. The molecule has 2 saturated heterocycles. The summed E-state index contributed by atoms with van der Waals surface area (Å²) in [6, 6.07) is 3.56. The van der Waals surface area contributed by atoms with Crippen molar-refractivity contribution in [3.8, 4) is 0 Å². The highest BCUT2D eigenvalue weighted by molar-refractivity contribution is 6.01. The highest BCUT2D eigenvalue weighted by Crippen LogP contribution is 2.26. The molecule has 660 valence electrons. The van der Waals surface area contributed by atoms with Crippen LogP contribution < -0.4 is 76.1 Å². The van der Waals surface area contributed by atoms with E-state index < -0.39 is 192 Å². The number of imidazole rings is 1. The molecule has 0 aliphatic carbocycles. The van der Waals surface area contributed by atoms with Gasteiger partial charge >= 0.3 is 5.97 Å². The van der Waals surface area contributed by atoms with Crippen LogP contribution in [0.4, 0.5) is 5.69 Å². The molecule has 39 heteroatoms. The quantitative estimate of drug-likeness (QED) is 0.0139. The molecule has 2 aliphatic heterocycles. The maximum Gasteiger partial charge on any atom is 0.326 e. The van der Waals surface area contributed by atoms with Gasteiger partial charge in [0.25, 0.3) is 5.69 Å². The van der Waals surface area contributed by atoms with Gasteiger partial charge in [0.1, 0.15) is 66.5 Å². The first-order valence-corrected chi connectivity index (χ1v) is 41.4. The van der Waals surface area contributed by atoms with Crippen molar-refractivity contribution in [3.05, 3.63) is 130 Å². The second-order valence-electron chi connectivity index (χ2n) is 31.9. The number of aromatic amines is 3. The van der Waals surface area contributed by atoms with Gasteiger partial charge < -0.3 is 106 Å². The highest BCUT2D eigenvalue weighted by Gasteiger charge is 2.43. The van der Waals surface area contributed by atoms with E-state index in [1.165, 1.54) is 40.4 Å². The molecule has 14 amide bonds. The Morgan fingerprint density at radius 2 is 0.984 bits per heavy atom. The number of aliphatic carboxylic acids is 1. The Bertz CT molecular complexity index is 4660. The molecular weight excluding hydrogens is 1580 g/mol. The smallest absolute Gasteiger partial charge is 0.326 e. The van der Waals surface area contributed by atoms with Crippen molar-refractivity contribution in [1.29, 1.82) is 0 Å². The number of H-pyrrole nitrogens is 3. The molecule has 0 saturated carbocycles. The number of para-hydroxylation sites is 2. The number of non-ortho nitro benzene ring substituents is 1. The number of amides is 14. The molecule has 12 atom stereocenters. The number of nitro benzene ring substituents is 1. The number of carboxylic acid groups (broad SMARTS) is 1. The molecule has 0 radical (unpaired) electrons. The topological polar surface area (TPSA) is 611 Å². The van der Waals surface area contributed by atoms with Crippen LogP contribution in [0.15, 0.2) is 97.7 Å². The number of primary amides is 2. The minimum absolute atomic E-state index is 0.00393. The molecule has 8 rings (SSSR count). The molecule has 2 aliphatic rings. The maximum atomic E-state index is 15.1. The Hall–Kier alpha value is -12.7. The van der Waals surface area contributed by atoms with E-state index in [9.17, 15) is 82.3 Å². The summed E-state index contributed by atoms with van der Waals surface area (Å²) < 4.78 is 0. The third-order valence-corrected chi connectivity index (χ3v) is 21.4. The lowest BCUT2D eigenvalue weighted by molar-refractivity contribution is -0.384. The number of likely N-dealkylation sites (tertiary alicyclic amines) is 2. The van der Waals surface area contributed by atoms with Crippen molar-refractivity contribution >= 4 is 116 Å². The summed E-state index contributed by atoms with van der Waals surface area (Å²) in [6.07, 6.45) is 6.90. The first-order valence-electron chi connectivity index (χ1n) is 41.4. The van der Waals surface area contributed by atoms with Gasteiger partial charge in [-0.3, -0.25) is 77.2 Å². The van der Waals surface area contributed by atoms with Crippen molar-refractivity contribution in [3.63, 3.8) is 0 Å². The molecule has 122 heavy (non-hydrogen) atoms. The fraction of sp³-hybridized carbons (Fsp3) is 0.518. The van der Waals surface area contributed by atoms with Crippen molar-refractivity contribution in [1.82, 2.24) is 82.9 Å². The van der Waals surface area contributed by atoms with E-state index >= 15 is 4.79 Å². The standard InChI is InChI=1S/C83H115N21O18/c1-6-7-18-58(73(109)101-66(83(119)120)37-48-24-26-52(27-25-48)104(121)122)95-80(116)68-23-15-34-103(68)82(118)61(29-31-70(87)106)93-71(107)44-91-79(115)67-22-14-33-102(67)81(117)60(21-12-13-32-84)96-76(112)63(36-47(4)5)98-74(110)59(28-30-69(86)105)94-75(111)62(35-46(2)3)99-77(113)64(39-50-42-90-57-20-11-9-17-54(50)57)100-78(114)65(40-51-43-88-45-92-51)97-72(108)55(85)38-49-41-89-56-19-10-8-16-53(49)56/h8-11,16-17,19-20,24-27,41-43,45-47,55,58-68,89-90H,6-7,12-15,18,21-23,28-40,44,84-85H2,1-5H3,(H2,86,105)(H2,87,106)(H,88,92)(H,91,115)(H,93,107)(H,94,111)(H,95,116)(H,96,112)(H,97,108)(H,98,110)(H,99,113)(H,100,114)(H,101,109)(H,119,120)/t55-,58-,59-,60-,61-,62-,63-,64-,65-,66-,67-,68-/m0/s1. The van der Waals surface area contributed by atoms with Crippen molar-refractivity contribution in [2.24, 2.45) is 34.8 Å². The van der Waals surface area contributed by atoms with Crippen LogP contribution in [0.5, 0.6) is 0 Å². The van der Waals surface area contributed by atoms with Crippen LogP contribution in [0.25, 0.3) is 21.8 Å². The summed E-state index contributed by atoms with van der Waals surface area (Å²) in [5.74, 6) is -13.5. The first-order chi connectivity index (χ1) is 58.2. The van der Waals surface area contributed by atoms with Gasteiger partial charge in [0, 0.05) is 97.7 Å². The molecule has 0 unspecified atom stereocenters. The van der Waals surface area contributed by atoms with Gasteiger partial charge in [0.05, 0.1) is 29.5 Å². The number of carbonyl (C=O) groups excluding carboxylic acids is 14. The van der Waals surface area contributed by atoms with Gasteiger partial charge in [-0.25, -0.2) is 9.78 Å². The van der Waals surface area contributed by atoms with Gasteiger partial charge in [-0.1, -0.05) is 96.0 Å². The normalized spacial score (nSPS) is 16.3. The number of aromatic nitrogens is 4. The number of fused-ring (bicyclic) bond motifs is 2. The Morgan fingerprint density at radius 3 is 1.50 bits per heavy atom. The number of hydrogen-bond acceptors (Lipinski definition) is 20. The molecule has 22 N–H and O–H groups in total. The molecule has 6 aromatic rings. The lowest BCUT2D eigenvalue weighted by Crippen LogP contribution is -2.61. The summed E-state index contributed by atoms with van der Waals surface area (Å²) >= 11 is 0. The van der Waals surface area contributed by atoms with E-state index in [1.54, 1.807) is 52.4 Å². The van der Waals surface area contributed by atoms with Crippen LogP contribution in [0.2, 0.25) is 0 Å². The van der Waals surface area contributed by atoms with Crippen LogP contribution in [0, 0.1) is 22.0 Å². The number of nitrogens with one attached hydrogen (secondary N) is 13. The number of carboxylic acids is 1. The minimum Gasteiger partial charge on any atom is -0.480 e. The van der Waals surface area contributed by atoms with Crippen LogP contribution in [0.3, 0.4) is 0 Å². The zero-order chi connectivity index (χ0) is 88.9. The largest absolute Gasteiger partial charge is 0.480 e. The van der Waals surface area contributed by atoms with Crippen LogP contribution in [-0.2, 0) is 97.6 Å². The van der Waals surface area contributed by atoms with E-state index in [2.05, 4.69) is 73.1 Å². The average Bonchev–Trinajstić information content (AvgIpc) is 1.67. The Morgan fingerprint density at radius 1 is 0.525 bits per heavy atom. The summed E-state index contributed by atoms with van der Waals surface area (Å²) in [4.78, 5) is 237. The molecule has 0 bridgehead atoms. The Kier molecular flexibility index (Phi) is 35.9. The van der Waals surface area contributed by atoms with Gasteiger partial charge in [-0.15, -0.1) is 0 Å². The number of rotatable bonds is 49. The van der Waals surface area contributed by atoms with Crippen molar-refractivity contribution in [2.75, 3.05) is 26.2 Å². The molecule has 3 aromatic heterocycles. The zero-order valence-corrected chi connectivity index (χ0v) is 69.3. The van der Waals surface area contributed by atoms with Gasteiger partial charge in [0.2, 0.25) is 82.7 Å². The van der Waals surface area contributed by atoms with Crippen LogP contribution in [0.1, 0.15) is 160 Å². The van der Waals surface area contributed by atoms with Gasteiger partial charge in [-0.05, 0) is 131 Å². The van der Waals surface area contributed by atoms with E-state index in [0.29, 0.717) is 55.3 Å². The summed E-state index contributed by atoms with van der Waals surface area (Å²) in [7, 11) is 0. The van der Waals surface area contributed by atoms with Crippen LogP contribution >= 0.6 is 0 Å². The minimum atomic E-state index is -1.59. The second-order valence-corrected chi connectivity index (χ2v) is 31.9. The van der Waals surface area contributed by atoms with Gasteiger partial charge in [0.15, 0.2) is 0 Å². The number of hydrogen-bond donors (Lipinski definition) is 18. The Labute approximate surface area is 704 Å². The third kappa shape index (κ3) is 28.0. The fourth-order valence-electron chi connectivity index (χ4n) is 15.0. The summed E-state index contributed by atoms with van der Waals surface area (Å²) in [6.45, 7) is 8.41. The van der Waals surface area contributed by atoms with Gasteiger partial charge in [-0.2, -0.15) is 0 Å². The predicted molar refractivity (Wildman–Crippen MR) is 447 cm³/mol. The van der Waals surface area contributed by atoms with Crippen molar-refractivity contribution in [2.45, 2.75) is 236 Å².